The van der Waals surface area contributed by atoms with Crippen molar-refractivity contribution in [1.29, 1.82) is 0 Å². The average Bonchev–Trinajstić information content (AvgIpc) is 3.00. The van der Waals surface area contributed by atoms with Crippen LogP contribution in [0.25, 0.3) is 6.08 Å². The number of aryl methyl sites for hydroxylation is 1. The molecule has 6 heteroatoms. The predicted molar refractivity (Wildman–Crippen MR) is 90.3 cm³/mol. The number of nitrogens with zero attached hydrogens (tertiary/aromatic N) is 1. The first-order valence-corrected chi connectivity index (χ1v) is 8.34. The monoisotopic (exact) mass is 376 g/mol. The van der Waals surface area contributed by atoms with Crippen LogP contribution in [0.3, 0.4) is 0 Å². The van der Waals surface area contributed by atoms with Crippen LogP contribution in [0, 0.1) is 6.92 Å². The molecule has 0 aliphatic carbocycles. The normalized spacial score (nSPS) is 16.5. The number of imide groups is 1. The van der Waals surface area contributed by atoms with Crippen molar-refractivity contribution in [2.24, 2.45) is 0 Å². The molecule has 0 spiro atoms. The van der Waals surface area contributed by atoms with E-state index < -0.39 is 0 Å². The van der Waals surface area contributed by atoms with Crippen LogP contribution in [0.4, 0.5) is 4.79 Å². The molecule has 1 N–H and O–H groups in total. The summed E-state index contributed by atoms with van der Waals surface area (Å²) in [4.78, 5) is 26.5. The molecule has 4 nitrogen and oxygen atoms in total. The van der Waals surface area contributed by atoms with E-state index in [-0.39, 0.29) is 18.5 Å². The van der Waals surface area contributed by atoms with Crippen molar-refractivity contribution in [3.8, 4) is 0 Å². The fraction of sp³-hybridized carbons (Fsp3) is 0.125. The summed E-state index contributed by atoms with van der Waals surface area (Å²) in [6.07, 6.45) is 1.70. The number of rotatable bonds is 3. The van der Waals surface area contributed by atoms with Gasteiger partial charge in [-0.15, -0.1) is 11.3 Å². The SMILES string of the molecule is Cc1ccc(CN2C(=O)NC(=Cc3cc(Br)cs3)C2=O)cc1. The maximum atomic E-state index is 12.4. The Balaban J connectivity index is 1.79. The van der Waals surface area contributed by atoms with Gasteiger partial charge < -0.3 is 5.32 Å². The largest absolute Gasteiger partial charge is 0.329 e. The predicted octanol–water partition coefficient (Wildman–Crippen LogP) is 3.91. The smallest absolute Gasteiger partial charge is 0.303 e. The zero-order valence-corrected chi connectivity index (χ0v) is 14.2. The highest BCUT2D eigenvalue weighted by atomic mass is 79.9. The zero-order valence-electron chi connectivity index (χ0n) is 11.8. The first-order chi connectivity index (χ1) is 10.5. The van der Waals surface area contributed by atoms with Gasteiger partial charge in [-0.2, -0.15) is 0 Å². The van der Waals surface area contributed by atoms with E-state index in [1.54, 1.807) is 6.08 Å². The number of hydrogen-bond acceptors (Lipinski definition) is 3. The van der Waals surface area contributed by atoms with Crippen LogP contribution in [-0.2, 0) is 11.3 Å². The summed E-state index contributed by atoms with van der Waals surface area (Å²) in [6, 6.07) is 9.30. The summed E-state index contributed by atoms with van der Waals surface area (Å²) in [6.45, 7) is 2.27. The molecule has 0 saturated carbocycles. The molecule has 1 saturated heterocycles. The fourth-order valence-corrected chi connectivity index (χ4v) is 3.51. The van der Waals surface area contributed by atoms with E-state index in [4.69, 9.17) is 0 Å². The number of carbonyl (C=O) groups excluding carboxylic acids is 2. The Morgan fingerprint density at radius 1 is 1.27 bits per heavy atom. The van der Waals surface area contributed by atoms with Crippen molar-refractivity contribution in [2.45, 2.75) is 13.5 Å². The summed E-state index contributed by atoms with van der Waals surface area (Å²) in [5.74, 6) is -0.296. The van der Waals surface area contributed by atoms with Crippen LogP contribution in [0.15, 0.2) is 45.9 Å². The minimum absolute atomic E-state index is 0.274. The molecule has 3 amide bonds. The highest BCUT2D eigenvalue weighted by molar-refractivity contribution is 9.10. The molecule has 0 radical (unpaired) electrons. The Morgan fingerprint density at radius 3 is 2.64 bits per heavy atom. The van der Waals surface area contributed by atoms with Gasteiger partial charge >= 0.3 is 6.03 Å². The van der Waals surface area contributed by atoms with Crippen LogP contribution in [-0.4, -0.2) is 16.8 Å². The number of thiophene rings is 1. The second-order valence-electron chi connectivity index (χ2n) is 5.03. The van der Waals surface area contributed by atoms with E-state index in [0.29, 0.717) is 5.70 Å². The van der Waals surface area contributed by atoms with Crippen LogP contribution >= 0.6 is 27.3 Å². The van der Waals surface area contributed by atoms with Gasteiger partial charge in [0.1, 0.15) is 5.70 Å². The molecule has 1 aromatic heterocycles. The molecule has 1 fully saturated rings. The van der Waals surface area contributed by atoms with E-state index in [9.17, 15) is 9.59 Å². The lowest BCUT2D eigenvalue weighted by Crippen LogP contribution is -2.30. The summed E-state index contributed by atoms with van der Waals surface area (Å²) in [5.41, 5.74) is 2.38. The van der Waals surface area contributed by atoms with Crippen molar-refractivity contribution in [3.05, 3.63) is 61.9 Å². The molecule has 22 heavy (non-hydrogen) atoms. The van der Waals surface area contributed by atoms with Crippen LogP contribution < -0.4 is 5.32 Å². The third-order valence-electron chi connectivity index (χ3n) is 3.30. The first kappa shape index (κ1) is 15.0. The number of benzene rings is 1. The van der Waals surface area contributed by atoms with E-state index in [0.717, 1.165) is 20.5 Å². The Labute approximate surface area is 140 Å². The van der Waals surface area contributed by atoms with Gasteiger partial charge in [-0.1, -0.05) is 29.8 Å². The van der Waals surface area contributed by atoms with Gasteiger partial charge in [0.25, 0.3) is 5.91 Å². The lowest BCUT2D eigenvalue weighted by molar-refractivity contribution is -0.123. The molecule has 0 unspecified atom stereocenters. The second kappa shape index (κ2) is 6.06. The number of carbonyl (C=O) groups is 2. The quantitative estimate of drug-likeness (QED) is 0.651. The molecular formula is C16H13BrN2O2S. The van der Waals surface area contributed by atoms with Gasteiger partial charge in [-0.25, -0.2) is 4.79 Å². The molecular weight excluding hydrogens is 364 g/mol. The average molecular weight is 377 g/mol. The zero-order chi connectivity index (χ0) is 15.7. The van der Waals surface area contributed by atoms with Crippen molar-refractivity contribution >= 4 is 45.3 Å². The summed E-state index contributed by atoms with van der Waals surface area (Å²) in [7, 11) is 0. The first-order valence-electron chi connectivity index (χ1n) is 6.67. The number of halogens is 1. The lowest BCUT2D eigenvalue weighted by atomic mass is 10.1. The van der Waals surface area contributed by atoms with Crippen molar-refractivity contribution in [3.63, 3.8) is 0 Å². The molecule has 2 aromatic rings. The third kappa shape index (κ3) is 3.13. The number of urea groups is 1. The molecule has 3 rings (SSSR count). The number of hydrogen-bond donors (Lipinski definition) is 1. The highest BCUT2D eigenvalue weighted by Crippen LogP contribution is 2.24. The minimum Gasteiger partial charge on any atom is -0.303 e. The Bertz CT molecular complexity index is 765. The van der Waals surface area contributed by atoms with E-state index in [2.05, 4.69) is 21.2 Å². The highest BCUT2D eigenvalue weighted by Gasteiger charge is 2.33. The topological polar surface area (TPSA) is 49.4 Å². The molecule has 1 aliphatic rings. The molecule has 1 aliphatic heterocycles. The van der Waals surface area contributed by atoms with Crippen LogP contribution in [0.2, 0.25) is 0 Å². The van der Waals surface area contributed by atoms with Crippen molar-refractivity contribution in [1.82, 2.24) is 10.2 Å². The molecule has 1 aromatic carbocycles. The number of amides is 3. The lowest BCUT2D eigenvalue weighted by Gasteiger charge is -2.11. The maximum absolute atomic E-state index is 12.4. The van der Waals surface area contributed by atoms with Gasteiger partial charge in [0, 0.05) is 14.7 Å². The molecule has 2 heterocycles. The van der Waals surface area contributed by atoms with E-state index in [1.807, 2.05) is 42.6 Å². The Morgan fingerprint density at radius 2 is 2.00 bits per heavy atom. The van der Waals surface area contributed by atoms with Gasteiger partial charge in [0.05, 0.1) is 6.54 Å². The summed E-state index contributed by atoms with van der Waals surface area (Å²) >= 11 is 4.87. The van der Waals surface area contributed by atoms with E-state index in [1.165, 1.54) is 16.2 Å². The van der Waals surface area contributed by atoms with Crippen molar-refractivity contribution in [2.75, 3.05) is 0 Å². The maximum Gasteiger partial charge on any atom is 0.329 e. The Kier molecular flexibility index (Phi) is 4.13. The summed E-state index contributed by atoms with van der Waals surface area (Å²) in [5, 5.41) is 4.56. The van der Waals surface area contributed by atoms with E-state index >= 15 is 0 Å². The van der Waals surface area contributed by atoms with Gasteiger partial charge in [0.15, 0.2) is 0 Å². The third-order valence-corrected chi connectivity index (χ3v) is 4.94. The molecule has 112 valence electrons. The van der Waals surface area contributed by atoms with Crippen LogP contribution in [0.1, 0.15) is 16.0 Å². The number of nitrogens with one attached hydrogen (secondary N) is 1. The second-order valence-corrected chi connectivity index (χ2v) is 6.89. The molecule has 0 atom stereocenters. The van der Waals surface area contributed by atoms with Gasteiger partial charge in [-0.3, -0.25) is 9.69 Å². The fourth-order valence-electron chi connectivity index (χ4n) is 2.14. The Hall–Kier alpha value is -1.92. The molecule has 0 bridgehead atoms. The van der Waals surface area contributed by atoms with Gasteiger partial charge in [-0.05, 0) is 40.6 Å². The van der Waals surface area contributed by atoms with Gasteiger partial charge in [0.2, 0.25) is 0 Å². The van der Waals surface area contributed by atoms with Crippen molar-refractivity contribution < 1.29 is 9.59 Å². The standard InChI is InChI=1S/C16H13BrN2O2S/c1-10-2-4-11(5-3-10)8-19-15(20)14(18-16(19)21)7-13-6-12(17)9-22-13/h2-7,9H,8H2,1H3,(H,18,21). The minimum atomic E-state index is -0.382. The van der Waals surface area contributed by atoms with Crippen LogP contribution in [0.5, 0.6) is 0 Å². The summed E-state index contributed by atoms with van der Waals surface area (Å²) < 4.78 is 0.956.